The molecule has 17 heavy (non-hydrogen) atoms. The van der Waals surface area contributed by atoms with Crippen LogP contribution in [-0.2, 0) is 9.53 Å². The molecule has 1 unspecified atom stereocenters. The summed E-state index contributed by atoms with van der Waals surface area (Å²) < 4.78 is 4.85. The summed E-state index contributed by atoms with van der Waals surface area (Å²) in [6, 6.07) is 12.6. The van der Waals surface area contributed by atoms with Crippen molar-refractivity contribution in [1.29, 1.82) is 0 Å². The highest BCUT2D eigenvalue weighted by molar-refractivity contribution is 5.93. The SMILES string of the molecule is O=COCC1C=Cc2c1ccc1ccccc21. The molecule has 0 heterocycles. The van der Waals surface area contributed by atoms with Crippen LogP contribution in [-0.4, -0.2) is 13.1 Å². The molecular weight excluding hydrogens is 212 g/mol. The first-order chi connectivity index (χ1) is 8.40. The van der Waals surface area contributed by atoms with Crippen LogP contribution < -0.4 is 0 Å². The molecule has 0 aliphatic heterocycles. The van der Waals surface area contributed by atoms with Crippen LogP contribution in [0.5, 0.6) is 0 Å². The molecule has 2 aromatic carbocycles. The van der Waals surface area contributed by atoms with Crippen molar-refractivity contribution >= 4 is 23.3 Å². The van der Waals surface area contributed by atoms with Gasteiger partial charge in [0.1, 0.15) is 6.61 Å². The van der Waals surface area contributed by atoms with Gasteiger partial charge in [0.15, 0.2) is 0 Å². The van der Waals surface area contributed by atoms with E-state index in [1.807, 2.05) is 12.1 Å². The maximum absolute atomic E-state index is 10.2. The summed E-state index contributed by atoms with van der Waals surface area (Å²) in [4.78, 5) is 10.2. The summed E-state index contributed by atoms with van der Waals surface area (Å²) in [5.74, 6) is 0.194. The number of benzene rings is 2. The number of carbonyl (C=O) groups excluding carboxylic acids is 1. The molecule has 0 spiro atoms. The van der Waals surface area contributed by atoms with E-state index in [0.29, 0.717) is 13.1 Å². The zero-order valence-electron chi connectivity index (χ0n) is 9.30. The lowest BCUT2D eigenvalue weighted by atomic mass is 9.96. The zero-order valence-corrected chi connectivity index (χ0v) is 9.30. The van der Waals surface area contributed by atoms with Crippen LogP contribution in [0.15, 0.2) is 42.5 Å². The monoisotopic (exact) mass is 224 g/mol. The van der Waals surface area contributed by atoms with Gasteiger partial charge in [-0.05, 0) is 21.9 Å². The second-order valence-electron chi connectivity index (χ2n) is 4.18. The minimum Gasteiger partial charge on any atom is -0.467 e. The predicted octanol–water partition coefficient (Wildman–Crippen LogP) is 3.12. The van der Waals surface area contributed by atoms with Crippen LogP contribution >= 0.6 is 0 Å². The van der Waals surface area contributed by atoms with Gasteiger partial charge >= 0.3 is 0 Å². The first-order valence-electron chi connectivity index (χ1n) is 5.65. The van der Waals surface area contributed by atoms with Gasteiger partial charge < -0.3 is 4.74 Å². The summed E-state index contributed by atoms with van der Waals surface area (Å²) in [6.07, 6.45) is 4.22. The molecule has 1 atom stereocenters. The molecule has 0 radical (unpaired) electrons. The third-order valence-corrected chi connectivity index (χ3v) is 3.24. The fourth-order valence-corrected chi connectivity index (χ4v) is 2.43. The largest absolute Gasteiger partial charge is 0.467 e. The second-order valence-corrected chi connectivity index (χ2v) is 4.18. The Morgan fingerprint density at radius 2 is 2.06 bits per heavy atom. The molecule has 2 aromatic rings. The van der Waals surface area contributed by atoms with Crippen LogP contribution in [0.3, 0.4) is 0 Å². The second kappa shape index (κ2) is 4.06. The minimum atomic E-state index is 0.194. The van der Waals surface area contributed by atoms with Gasteiger partial charge in [-0.2, -0.15) is 0 Å². The van der Waals surface area contributed by atoms with Crippen LogP contribution in [0.25, 0.3) is 16.8 Å². The Kier molecular flexibility index (Phi) is 2.41. The molecule has 0 bridgehead atoms. The van der Waals surface area contributed by atoms with E-state index >= 15 is 0 Å². The Balaban J connectivity index is 2.08. The van der Waals surface area contributed by atoms with E-state index in [1.54, 1.807) is 0 Å². The predicted molar refractivity (Wildman–Crippen MR) is 67.7 cm³/mol. The molecule has 0 fully saturated rings. The van der Waals surface area contributed by atoms with Gasteiger partial charge in [0.25, 0.3) is 6.47 Å². The summed E-state index contributed by atoms with van der Waals surface area (Å²) in [5.41, 5.74) is 2.49. The van der Waals surface area contributed by atoms with Gasteiger partial charge in [-0.3, -0.25) is 4.79 Å². The fourth-order valence-electron chi connectivity index (χ4n) is 2.43. The summed E-state index contributed by atoms with van der Waals surface area (Å²) in [7, 11) is 0. The summed E-state index contributed by atoms with van der Waals surface area (Å²) >= 11 is 0. The van der Waals surface area contributed by atoms with Gasteiger partial charge in [-0.1, -0.05) is 48.6 Å². The average Bonchev–Trinajstić information content (AvgIpc) is 2.80. The van der Waals surface area contributed by atoms with Crippen LogP contribution in [0.2, 0.25) is 0 Å². The summed E-state index contributed by atoms with van der Waals surface area (Å²) in [5, 5.41) is 2.50. The van der Waals surface area contributed by atoms with E-state index < -0.39 is 0 Å². The van der Waals surface area contributed by atoms with Crippen molar-refractivity contribution in [2.45, 2.75) is 5.92 Å². The van der Waals surface area contributed by atoms with Crippen molar-refractivity contribution in [3.05, 3.63) is 53.6 Å². The third-order valence-electron chi connectivity index (χ3n) is 3.24. The Morgan fingerprint density at radius 3 is 2.94 bits per heavy atom. The highest BCUT2D eigenvalue weighted by atomic mass is 16.5. The van der Waals surface area contributed by atoms with Gasteiger partial charge in [0, 0.05) is 5.92 Å². The van der Waals surface area contributed by atoms with Crippen molar-refractivity contribution < 1.29 is 9.53 Å². The maximum atomic E-state index is 10.2. The number of carbonyl (C=O) groups is 1. The quantitative estimate of drug-likeness (QED) is 0.749. The Hall–Kier alpha value is -2.09. The van der Waals surface area contributed by atoms with Gasteiger partial charge in [-0.15, -0.1) is 0 Å². The number of rotatable bonds is 3. The molecule has 0 saturated carbocycles. The van der Waals surface area contributed by atoms with Crippen molar-refractivity contribution in [2.75, 3.05) is 6.61 Å². The molecule has 2 nitrogen and oxygen atoms in total. The Bertz CT molecular complexity index is 599. The molecule has 1 aliphatic carbocycles. The van der Waals surface area contributed by atoms with E-state index in [-0.39, 0.29) is 5.92 Å². The van der Waals surface area contributed by atoms with Crippen LogP contribution in [0.1, 0.15) is 17.0 Å². The lowest BCUT2D eigenvalue weighted by molar-refractivity contribution is -0.128. The number of hydrogen-bond acceptors (Lipinski definition) is 2. The maximum Gasteiger partial charge on any atom is 0.293 e. The minimum absolute atomic E-state index is 0.194. The normalized spacial score (nSPS) is 17.1. The molecule has 0 amide bonds. The van der Waals surface area contributed by atoms with Crippen molar-refractivity contribution in [2.24, 2.45) is 0 Å². The lowest BCUT2D eigenvalue weighted by Crippen LogP contribution is -2.03. The van der Waals surface area contributed by atoms with Gasteiger partial charge in [0.2, 0.25) is 0 Å². The first kappa shape index (κ1) is 10.1. The molecule has 1 aliphatic rings. The Morgan fingerprint density at radius 1 is 1.18 bits per heavy atom. The van der Waals surface area contributed by atoms with E-state index in [9.17, 15) is 4.79 Å². The van der Waals surface area contributed by atoms with Gasteiger partial charge in [-0.25, -0.2) is 0 Å². The first-order valence-corrected chi connectivity index (χ1v) is 5.65. The van der Waals surface area contributed by atoms with Crippen LogP contribution in [0.4, 0.5) is 0 Å². The van der Waals surface area contributed by atoms with Crippen molar-refractivity contribution in [3.63, 3.8) is 0 Å². The van der Waals surface area contributed by atoms with Gasteiger partial charge in [0.05, 0.1) is 0 Å². The average molecular weight is 224 g/mol. The molecule has 84 valence electrons. The highest BCUT2D eigenvalue weighted by Crippen LogP contribution is 2.35. The zero-order chi connectivity index (χ0) is 11.7. The summed E-state index contributed by atoms with van der Waals surface area (Å²) in [6.45, 7) is 0.929. The molecule has 2 heteroatoms. The highest BCUT2D eigenvalue weighted by Gasteiger charge is 2.19. The molecule has 3 rings (SSSR count). The van der Waals surface area contributed by atoms with Crippen molar-refractivity contribution in [3.8, 4) is 0 Å². The fraction of sp³-hybridized carbons (Fsp3) is 0.133. The topological polar surface area (TPSA) is 26.3 Å². The number of fused-ring (bicyclic) bond motifs is 3. The Labute approximate surface area is 99.5 Å². The molecule has 0 N–H and O–H groups in total. The van der Waals surface area contributed by atoms with E-state index in [1.165, 1.54) is 21.9 Å². The van der Waals surface area contributed by atoms with Crippen molar-refractivity contribution in [1.82, 2.24) is 0 Å². The smallest absolute Gasteiger partial charge is 0.293 e. The molecule has 0 aromatic heterocycles. The number of ether oxygens (including phenoxy) is 1. The third kappa shape index (κ3) is 1.62. The number of hydrogen-bond donors (Lipinski definition) is 0. The van der Waals surface area contributed by atoms with E-state index in [0.717, 1.165) is 0 Å². The standard InChI is InChI=1S/C15H12O2/c16-10-17-9-12-6-8-15-13-4-2-1-3-11(13)5-7-14(12)15/h1-8,10,12H,9H2. The molecular formula is C15H12O2. The molecule has 0 saturated heterocycles. The van der Waals surface area contributed by atoms with E-state index in [4.69, 9.17) is 4.74 Å². The lowest BCUT2D eigenvalue weighted by Gasteiger charge is -2.11. The van der Waals surface area contributed by atoms with Crippen LogP contribution in [0, 0.1) is 0 Å². The van der Waals surface area contributed by atoms with E-state index in [2.05, 4.69) is 36.4 Å².